The Labute approximate surface area is 233 Å². The van der Waals surface area contributed by atoms with Gasteiger partial charge in [0, 0.05) is 54.8 Å². The zero-order valence-electron chi connectivity index (χ0n) is 22.7. The summed E-state index contributed by atoms with van der Waals surface area (Å²) < 4.78 is 6.22. The number of carboxylic acid groups (broad SMARTS) is 1. The second kappa shape index (κ2) is 11.1. The summed E-state index contributed by atoms with van der Waals surface area (Å²) in [5.41, 5.74) is 3.05. The molecule has 208 valence electrons. The molecule has 11 nitrogen and oxygen atoms in total. The highest BCUT2D eigenvalue weighted by Gasteiger charge is 2.34. The highest BCUT2D eigenvalue weighted by molar-refractivity contribution is 5.93. The Balaban J connectivity index is 1.33. The smallest absolute Gasteiger partial charge is 0.407 e. The van der Waals surface area contributed by atoms with Gasteiger partial charge in [0.2, 0.25) is 0 Å². The number of likely N-dealkylation sites (N-methyl/N-ethyl adjacent to an activating group) is 1. The number of hydrogen-bond acceptors (Lipinski definition) is 9. The quantitative estimate of drug-likeness (QED) is 0.497. The van der Waals surface area contributed by atoms with Crippen molar-refractivity contribution >= 4 is 28.4 Å². The van der Waals surface area contributed by atoms with E-state index >= 15 is 0 Å². The van der Waals surface area contributed by atoms with Gasteiger partial charge < -0.3 is 29.4 Å². The Morgan fingerprint density at radius 3 is 2.80 bits per heavy atom. The number of aromatic nitrogens is 3. The summed E-state index contributed by atoms with van der Waals surface area (Å²) in [7, 11) is 2.12. The first-order valence-electron chi connectivity index (χ1n) is 13.9. The number of nitriles is 1. The predicted molar refractivity (Wildman–Crippen MR) is 151 cm³/mol. The van der Waals surface area contributed by atoms with Gasteiger partial charge in [-0.2, -0.15) is 15.2 Å². The SMILES string of the molecule is CN1CCC[C@H]1COc1nc2c(c(N3CCN(C(=O)O)[C@@H](CC#N)C3)n1)CCN(c1cncc3ccccc13)C2. The summed E-state index contributed by atoms with van der Waals surface area (Å²) in [6.07, 6.45) is 5.93. The van der Waals surface area contributed by atoms with Gasteiger partial charge in [-0.15, -0.1) is 0 Å². The minimum atomic E-state index is -0.992. The molecule has 0 radical (unpaired) electrons. The molecule has 1 aromatic carbocycles. The third kappa shape index (κ3) is 5.07. The number of likely N-dealkylation sites (tertiary alicyclic amines) is 1. The van der Waals surface area contributed by atoms with Crippen molar-refractivity contribution in [1.29, 1.82) is 5.26 Å². The van der Waals surface area contributed by atoms with Crippen LogP contribution in [0.4, 0.5) is 16.3 Å². The molecule has 0 unspecified atom stereocenters. The number of pyridine rings is 1. The highest BCUT2D eigenvalue weighted by Crippen LogP contribution is 2.34. The van der Waals surface area contributed by atoms with Gasteiger partial charge in [-0.1, -0.05) is 24.3 Å². The van der Waals surface area contributed by atoms with Crippen molar-refractivity contribution in [2.75, 3.05) is 56.2 Å². The molecule has 2 saturated heterocycles. The molecule has 40 heavy (non-hydrogen) atoms. The summed E-state index contributed by atoms with van der Waals surface area (Å²) in [6.45, 7) is 4.18. The maximum atomic E-state index is 11.8. The minimum Gasteiger partial charge on any atom is -0.465 e. The van der Waals surface area contributed by atoms with E-state index in [1.165, 1.54) is 4.90 Å². The number of ether oxygens (including phenoxy) is 1. The van der Waals surface area contributed by atoms with E-state index in [1.54, 1.807) is 0 Å². The second-order valence-electron chi connectivity index (χ2n) is 10.8. The van der Waals surface area contributed by atoms with Gasteiger partial charge >= 0.3 is 12.1 Å². The molecular weight excluding hydrogens is 508 g/mol. The number of benzene rings is 1. The van der Waals surface area contributed by atoms with Crippen LogP contribution >= 0.6 is 0 Å². The number of nitrogens with zero attached hydrogens (tertiary/aromatic N) is 8. The van der Waals surface area contributed by atoms with E-state index in [2.05, 4.69) is 44.9 Å². The lowest BCUT2D eigenvalue weighted by Crippen LogP contribution is -2.55. The fraction of sp³-hybridized carbons (Fsp3) is 0.483. The van der Waals surface area contributed by atoms with Gasteiger partial charge in [-0.3, -0.25) is 4.98 Å². The maximum absolute atomic E-state index is 11.8. The number of rotatable bonds is 6. The average Bonchev–Trinajstić information content (AvgIpc) is 3.39. The van der Waals surface area contributed by atoms with E-state index in [0.29, 0.717) is 44.8 Å². The van der Waals surface area contributed by atoms with Crippen molar-refractivity contribution in [3.8, 4) is 12.1 Å². The Hall–Kier alpha value is -4.17. The van der Waals surface area contributed by atoms with Crippen molar-refractivity contribution in [1.82, 2.24) is 24.8 Å². The molecule has 0 bridgehead atoms. The zero-order valence-corrected chi connectivity index (χ0v) is 22.7. The van der Waals surface area contributed by atoms with Crippen molar-refractivity contribution in [3.63, 3.8) is 0 Å². The first-order valence-corrected chi connectivity index (χ1v) is 13.9. The van der Waals surface area contributed by atoms with Crippen LogP contribution in [0, 0.1) is 11.3 Å². The van der Waals surface area contributed by atoms with Gasteiger partial charge in [-0.05, 0) is 32.9 Å². The van der Waals surface area contributed by atoms with Crippen LogP contribution < -0.4 is 14.5 Å². The van der Waals surface area contributed by atoms with Crippen LogP contribution in [0.1, 0.15) is 30.5 Å². The van der Waals surface area contributed by atoms with Gasteiger partial charge in [0.25, 0.3) is 0 Å². The molecule has 5 heterocycles. The first-order chi connectivity index (χ1) is 19.5. The lowest BCUT2D eigenvalue weighted by atomic mass is 10.0. The molecule has 0 aliphatic carbocycles. The van der Waals surface area contributed by atoms with Crippen molar-refractivity contribution in [2.45, 2.75) is 44.3 Å². The normalized spacial score (nSPS) is 21.4. The summed E-state index contributed by atoms with van der Waals surface area (Å²) in [5, 5.41) is 21.3. The number of carbonyl (C=O) groups is 1. The number of anilines is 2. The molecule has 3 aliphatic rings. The molecule has 1 amide bonds. The van der Waals surface area contributed by atoms with Gasteiger partial charge in [0.1, 0.15) is 12.4 Å². The van der Waals surface area contributed by atoms with Crippen LogP contribution in [-0.4, -0.2) is 94.4 Å². The largest absolute Gasteiger partial charge is 0.465 e. The summed E-state index contributed by atoms with van der Waals surface area (Å²) in [6, 6.07) is 10.7. The summed E-state index contributed by atoms with van der Waals surface area (Å²) in [4.78, 5) is 34.2. The predicted octanol–water partition coefficient (Wildman–Crippen LogP) is 3.14. The lowest BCUT2D eigenvalue weighted by Gasteiger charge is -2.41. The van der Waals surface area contributed by atoms with Gasteiger partial charge in [0.15, 0.2) is 0 Å². The molecule has 0 spiro atoms. The van der Waals surface area contributed by atoms with E-state index in [-0.39, 0.29) is 6.42 Å². The van der Waals surface area contributed by atoms with Crippen molar-refractivity contribution < 1.29 is 14.6 Å². The topological polar surface area (TPSA) is 122 Å². The fourth-order valence-electron chi connectivity index (χ4n) is 6.21. The highest BCUT2D eigenvalue weighted by atomic mass is 16.5. The van der Waals surface area contributed by atoms with Crippen molar-refractivity contribution in [3.05, 3.63) is 47.9 Å². The van der Waals surface area contributed by atoms with E-state index in [9.17, 15) is 15.2 Å². The first kappa shape index (κ1) is 26.1. The third-order valence-corrected chi connectivity index (χ3v) is 8.44. The van der Waals surface area contributed by atoms with Crippen LogP contribution in [0.25, 0.3) is 10.8 Å². The number of piperazine rings is 1. The molecular formula is C29H34N8O3. The minimum absolute atomic E-state index is 0.134. The van der Waals surface area contributed by atoms with E-state index in [4.69, 9.17) is 14.7 Å². The monoisotopic (exact) mass is 542 g/mol. The van der Waals surface area contributed by atoms with E-state index < -0.39 is 12.1 Å². The van der Waals surface area contributed by atoms with E-state index in [1.807, 2.05) is 24.5 Å². The summed E-state index contributed by atoms with van der Waals surface area (Å²) in [5.74, 6) is 0.795. The average molecular weight is 543 g/mol. The second-order valence-corrected chi connectivity index (χ2v) is 10.8. The number of fused-ring (bicyclic) bond motifs is 2. The molecule has 3 aromatic rings. The van der Waals surface area contributed by atoms with Crippen molar-refractivity contribution in [2.24, 2.45) is 0 Å². The molecule has 1 N–H and O–H groups in total. The molecule has 11 heteroatoms. The molecule has 3 aliphatic heterocycles. The van der Waals surface area contributed by atoms with Gasteiger partial charge in [0.05, 0.1) is 42.7 Å². The summed E-state index contributed by atoms with van der Waals surface area (Å²) >= 11 is 0. The zero-order chi connectivity index (χ0) is 27.6. The molecule has 2 fully saturated rings. The Morgan fingerprint density at radius 1 is 1.12 bits per heavy atom. The van der Waals surface area contributed by atoms with Crippen LogP contribution in [0.15, 0.2) is 36.7 Å². The van der Waals surface area contributed by atoms with Crippen LogP contribution in [0.5, 0.6) is 6.01 Å². The third-order valence-electron chi connectivity index (χ3n) is 8.44. The standard InChI is InChI=1S/C29H34N8O3/c1-34-11-4-6-22(34)19-40-28-32-25-18-35(26-16-31-15-20-5-2-3-7-23(20)26)12-9-24(25)27(33-28)36-13-14-37(29(38)39)21(17-36)8-10-30/h2-3,5,7,15-16,21-22H,4,6,8-9,11-14,17-19H2,1H3,(H,38,39)/t21-,22-/m0/s1. The van der Waals surface area contributed by atoms with Crippen LogP contribution in [0.2, 0.25) is 0 Å². The lowest BCUT2D eigenvalue weighted by molar-refractivity contribution is 0.119. The fourth-order valence-corrected chi connectivity index (χ4v) is 6.21. The Morgan fingerprint density at radius 2 is 2.00 bits per heavy atom. The maximum Gasteiger partial charge on any atom is 0.407 e. The Kier molecular flexibility index (Phi) is 7.26. The van der Waals surface area contributed by atoms with Crippen LogP contribution in [-0.2, 0) is 13.0 Å². The number of amides is 1. The van der Waals surface area contributed by atoms with Crippen LogP contribution in [0.3, 0.4) is 0 Å². The molecule has 6 rings (SSSR count). The molecule has 2 atom stereocenters. The Bertz CT molecular complexity index is 1440. The molecule has 2 aromatic heterocycles. The van der Waals surface area contributed by atoms with Gasteiger partial charge in [-0.25, -0.2) is 4.79 Å². The van der Waals surface area contributed by atoms with E-state index in [0.717, 1.165) is 65.9 Å². The molecule has 0 saturated carbocycles. The number of hydrogen-bond donors (Lipinski definition) is 1.